The molecule has 0 radical (unpaired) electrons. The number of thiazole rings is 1. The van der Waals surface area contributed by atoms with Crippen molar-refractivity contribution in [1.29, 1.82) is 0 Å². The molecular formula is C19H22N4OS2. The van der Waals surface area contributed by atoms with Gasteiger partial charge in [-0.2, -0.15) is 11.8 Å². The fourth-order valence-corrected chi connectivity index (χ4v) is 3.87. The third-order valence-electron chi connectivity index (χ3n) is 3.61. The molecule has 2 N–H and O–H groups in total. The maximum absolute atomic E-state index is 11.8. The molecule has 0 fully saturated rings. The average Bonchev–Trinajstić information content (AvgIpc) is 3.09. The molecule has 2 aromatic heterocycles. The largest absolute Gasteiger partial charge is 0.355 e. The number of nitrogens with zero attached hydrogens (tertiary/aromatic N) is 2. The number of nitrogens with one attached hydrogen (secondary N) is 2. The highest BCUT2D eigenvalue weighted by Gasteiger charge is 2.06. The van der Waals surface area contributed by atoms with Gasteiger partial charge in [0.2, 0.25) is 5.95 Å². The van der Waals surface area contributed by atoms with Crippen LogP contribution in [0.3, 0.4) is 0 Å². The number of aromatic nitrogens is 3. The molecule has 0 saturated heterocycles. The Bertz CT molecular complexity index is 890. The summed E-state index contributed by atoms with van der Waals surface area (Å²) in [6, 6.07) is 11.7. The Morgan fingerprint density at radius 3 is 2.77 bits per heavy atom. The van der Waals surface area contributed by atoms with Crippen LogP contribution in [0.2, 0.25) is 0 Å². The maximum Gasteiger partial charge on any atom is 0.252 e. The molecule has 0 aliphatic carbocycles. The first-order chi connectivity index (χ1) is 12.6. The molecule has 0 bridgehead atoms. The molecule has 3 aromatic rings. The number of hydrogen-bond acceptors (Lipinski definition) is 6. The lowest BCUT2D eigenvalue weighted by Crippen LogP contribution is -2.15. The SMILES string of the molecule is CC(C)SCc1cc(=O)[nH]c(NCCc2csc(-c3ccccc3)n2)n1. The Morgan fingerprint density at radius 2 is 2.00 bits per heavy atom. The van der Waals surface area contributed by atoms with Crippen LogP contribution in [0.4, 0.5) is 5.95 Å². The monoisotopic (exact) mass is 386 g/mol. The van der Waals surface area contributed by atoms with E-state index in [1.165, 1.54) is 0 Å². The van der Waals surface area contributed by atoms with Crippen molar-refractivity contribution in [3.05, 3.63) is 63.5 Å². The van der Waals surface area contributed by atoms with E-state index in [4.69, 9.17) is 0 Å². The van der Waals surface area contributed by atoms with Crippen molar-refractivity contribution in [2.45, 2.75) is 31.3 Å². The smallest absolute Gasteiger partial charge is 0.252 e. The number of aromatic amines is 1. The Kier molecular flexibility index (Phi) is 6.46. The zero-order valence-corrected chi connectivity index (χ0v) is 16.5. The van der Waals surface area contributed by atoms with Crippen LogP contribution in [-0.4, -0.2) is 26.7 Å². The minimum absolute atomic E-state index is 0.123. The quantitative estimate of drug-likeness (QED) is 0.607. The van der Waals surface area contributed by atoms with Crippen LogP contribution in [0, 0.1) is 0 Å². The number of benzene rings is 1. The first-order valence-electron chi connectivity index (χ1n) is 8.55. The molecule has 2 heterocycles. The third kappa shape index (κ3) is 5.44. The number of anilines is 1. The molecule has 26 heavy (non-hydrogen) atoms. The maximum atomic E-state index is 11.8. The lowest BCUT2D eigenvalue weighted by Gasteiger charge is -2.07. The molecule has 0 atom stereocenters. The van der Waals surface area contributed by atoms with Gasteiger partial charge in [-0.1, -0.05) is 44.2 Å². The molecule has 7 heteroatoms. The number of thioether (sulfide) groups is 1. The summed E-state index contributed by atoms with van der Waals surface area (Å²) < 4.78 is 0. The normalized spacial score (nSPS) is 11.0. The molecule has 0 spiro atoms. The number of hydrogen-bond donors (Lipinski definition) is 2. The summed E-state index contributed by atoms with van der Waals surface area (Å²) in [5.41, 5.74) is 2.85. The Morgan fingerprint density at radius 1 is 1.19 bits per heavy atom. The second-order valence-electron chi connectivity index (χ2n) is 6.13. The fraction of sp³-hybridized carbons (Fsp3) is 0.316. The van der Waals surface area contributed by atoms with E-state index in [0.717, 1.165) is 34.1 Å². The summed E-state index contributed by atoms with van der Waals surface area (Å²) in [4.78, 5) is 23.7. The number of H-pyrrole nitrogens is 1. The molecule has 5 nitrogen and oxygen atoms in total. The zero-order valence-electron chi connectivity index (χ0n) is 14.9. The summed E-state index contributed by atoms with van der Waals surface area (Å²) in [6.45, 7) is 4.94. The highest BCUT2D eigenvalue weighted by Crippen LogP contribution is 2.23. The standard InChI is InChI=1S/C19H22N4OS2/c1-13(2)25-12-16-10-17(24)23-19(22-16)20-9-8-15-11-26-18(21-15)14-6-4-3-5-7-14/h3-7,10-11,13H,8-9,12H2,1-2H3,(H2,20,22,23,24). The summed E-state index contributed by atoms with van der Waals surface area (Å²) in [7, 11) is 0. The van der Waals surface area contributed by atoms with Crippen molar-refractivity contribution in [2.24, 2.45) is 0 Å². The Hall–Kier alpha value is -2.12. The van der Waals surface area contributed by atoms with Crippen LogP contribution in [0.25, 0.3) is 10.6 Å². The van der Waals surface area contributed by atoms with Gasteiger partial charge in [0.1, 0.15) is 5.01 Å². The van der Waals surface area contributed by atoms with Gasteiger partial charge in [-0.25, -0.2) is 9.97 Å². The zero-order chi connectivity index (χ0) is 18.4. The van der Waals surface area contributed by atoms with E-state index in [2.05, 4.69) is 51.6 Å². The summed E-state index contributed by atoms with van der Waals surface area (Å²) in [6.07, 6.45) is 0.776. The van der Waals surface area contributed by atoms with E-state index < -0.39 is 0 Å². The Labute approximate surface area is 161 Å². The van der Waals surface area contributed by atoms with E-state index in [0.29, 0.717) is 17.7 Å². The molecule has 136 valence electrons. The number of rotatable bonds is 8. The lowest BCUT2D eigenvalue weighted by atomic mass is 10.2. The van der Waals surface area contributed by atoms with Crippen molar-refractivity contribution in [3.63, 3.8) is 0 Å². The molecule has 0 aliphatic rings. The van der Waals surface area contributed by atoms with Crippen molar-refractivity contribution >= 4 is 29.0 Å². The molecule has 1 aromatic carbocycles. The van der Waals surface area contributed by atoms with Crippen LogP contribution in [0.5, 0.6) is 0 Å². The van der Waals surface area contributed by atoms with Gasteiger partial charge in [-0.3, -0.25) is 9.78 Å². The predicted octanol–water partition coefficient (Wildman–Crippen LogP) is 4.19. The van der Waals surface area contributed by atoms with Gasteiger partial charge in [-0.15, -0.1) is 11.3 Å². The van der Waals surface area contributed by atoms with E-state index in [1.54, 1.807) is 29.2 Å². The van der Waals surface area contributed by atoms with E-state index in [9.17, 15) is 4.79 Å². The van der Waals surface area contributed by atoms with E-state index >= 15 is 0 Å². The van der Waals surface area contributed by atoms with Crippen molar-refractivity contribution in [1.82, 2.24) is 15.0 Å². The summed E-state index contributed by atoms with van der Waals surface area (Å²) in [5.74, 6) is 1.26. The van der Waals surface area contributed by atoms with Gasteiger partial charge >= 0.3 is 0 Å². The van der Waals surface area contributed by atoms with Crippen LogP contribution >= 0.6 is 23.1 Å². The van der Waals surface area contributed by atoms with Gasteiger partial charge in [0.15, 0.2) is 0 Å². The predicted molar refractivity (Wildman–Crippen MR) is 111 cm³/mol. The first kappa shape index (κ1) is 18.7. The molecule has 0 saturated carbocycles. The van der Waals surface area contributed by atoms with E-state index in [-0.39, 0.29) is 5.56 Å². The minimum atomic E-state index is -0.123. The summed E-state index contributed by atoms with van der Waals surface area (Å²) in [5, 5.41) is 6.82. The molecule has 0 amide bonds. The molecule has 0 aliphatic heterocycles. The first-order valence-corrected chi connectivity index (χ1v) is 10.5. The molecule has 0 unspecified atom stereocenters. The highest BCUT2D eigenvalue weighted by atomic mass is 32.2. The van der Waals surface area contributed by atoms with Crippen molar-refractivity contribution in [3.8, 4) is 10.6 Å². The topological polar surface area (TPSA) is 70.7 Å². The van der Waals surface area contributed by atoms with Gasteiger partial charge in [0, 0.05) is 35.7 Å². The van der Waals surface area contributed by atoms with Crippen molar-refractivity contribution in [2.75, 3.05) is 11.9 Å². The molecular weight excluding hydrogens is 364 g/mol. The van der Waals surface area contributed by atoms with Gasteiger partial charge in [-0.05, 0) is 5.25 Å². The third-order valence-corrected chi connectivity index (χ3v) is 5.67. The van der Waals surface area contributed by atoms with Crippen LogP contribution in [0.15, 0.2) is 46.6 Å². The summed E-state index contributed by atoms with van der Waals surface area (Å²) >= 11 is 3.42. The minimum Gasteiger partial charge on any atom is -0.355 e. The van der Waals surface area contributed by atoms with Crippen LogP contribution in [0.1, 0.15) is 25.2 Å². The second-order valence-corrected chi connectivity index (χ2v) is 8.55. The van der Waals surface area contributed by atoms with E-state index in [1.807, 2.05) is 18.2 Å². The average molecular weight is 387 g/mol. The second kappa shape index (κ2) is 9.00. The van der Waals surface area contributed by atoms with Gasteiger partial charge in [0.25, 0.3) is 5.56 Å². The highest BCUT2D eigenvalue weighted by molar-refractivity contribution is 7.99. The van der Waals surface area contributed by atoms with Crippen LogP contribution in [-0.2, 0) is 12.2 Å². The van der Waals surface area contributed by atoms with Gasteiger partial charge < -0.3 is 5.32 Å². The molecule has 3 rings (SSSR count). The Balaban J connectivity index is 1.57. The lowest BCUT2D eigenvalue weighted by molar-refractivity contribution is 0.940. The van der Waals surface area contributed by atoms with Crippen molar-refractivity contribution < 1.29 is 0 Å². The van der Waals surface area contributed by atoms with Gasteiger partial charge in [0.05, 0.1) is 11.4 Å². The fourth-order valence-electron chi connectivity index (χ4n) is 2.36. The van der Waals surface area contributed by atoms with Crippen LogP contribution < -0.4 is 10.9 Å².